The van der Waals surface area contributed by atoms with E-state index in [9.17, 15) is 14.9 Å². The zero-order valence-electron chi connectivity index (χ0n) is 12.3. The van der Waals surface area contributed by atoms with E-state index < -0.39 is 4.92 Å². The van der Waals surface area contributed by atoms with Crippen LogP contribution < -0.4 is 5.69 Å². The second-order valence-electron chi connectivity index (χ2n) is 5.27. The van der Waals surface area contributed by atoms with Crippen molar-refractivity contribution in [3.8, 4) is 0 Å². The van der Waals surface area contributed by atoms with Gasteiger partial charge in [0.05, 0.1) is 17.6 Å². The number of nitro groups is 1. The van der Waals surface area contributed by atoms with E-state index in [4.69, 9.17) is 4.74 Å². The molecule has 3 rings (SSSR count). The molecule has 1 aromatic carbocycles. The molecule has 1 unspecified atom stereocenters. The fourth-order valence-corrected chi connectivity index (χ4v) is 3.37. The summed E-state index contributed by atoms with van der Waals surface area (Å²) in [5, 5.41) is 17.8. The van der Waals surface area contributed by atoms with E-state index >= 15 is 0 Å². The molecule has 1 fully saturated rings. The van der Waals surface area contributed by atoms with Crippen molar-refractivity contribution in [1.29, 1.82) is 0 Å². The van der Waals surface area contributed by atoms with Crippen molar-refractivity contribution in [3.05, 3.63) is 50.4 Å². The third-order valence-electron chi connectivity index (χ3n) is 3.62. The third kappa shape index (κ3) is 3.80. The van der Waals surface area contributed by atoms with Gasteiger partial charge in [0.1, 0.15) is 0 Å². The Kier molecular flexibility index (Phi) is 4.77. The van der Waals surface area contributed by atoms with E-state index in [1.165, 1.54) is 23.9 Å². The Labute approximate surface area is 136 Å². The van der Waals surface area contributed by atoms with E-state index in [1.54, 1.807) is 10.6 Å². The van der Waals surface area contributed by atoms with Crippen LogP contribution in [0.2, 0.25) is 0 Å². The number of H-pyrrole nitrogens is 1. The number of aromatic amines is 1. The van der Waals surface area contributed by atoms with Crippen LogP contribution in [0.25, 0.3) is 0 Å². The number of nitro benzene ring substituents is 1. The summed E-state index contributed by atoms with van der Waals surface area (Å²) in [6, 6.07) is 6.45. The van der Waals surface area contributed by atoms with Gasteiger partial charge < -0.3 is 4.74 Å². The van der Waals surface area contributed by atoms with E-state index in [0.717, 1.165) is 25.0 Å². The van der Waals surface area contributed by atoms with Crippen LogP contribution in [0.1, 0.15) is 18.4 Å². The molecule has 9 heteroatoms. The number of aromatic nitrogens is 3. The number of rotatable bonds is 6. The minimum absolute atomic E-state index is 0.0439. The smallest absolute Gasteiger partial charge is 0.344 e. The minimum Gasteiger partial charge on any atom is -0.376 e. The number of nitrogens with zero attached hydrogens (tertiary/aromatic N) is 3. The first-order chi connectivity index (χ1) is 11.1. The highest BCUT2D eigenvalue weighted by Gasteiger charge is 2.19. The molecule has 1 aliphatic rings. The van der Waals surface area contributed by atoms with Crippen molar-refractivity contribution >= 4 is 17.4 Å². The molecule has 0 saturated carbocycles. The molecule has 2 heterocycles. The minimum atomic E-state index is -0.421. The Balaban J connectivity index is 1.69. The molecule has 0 radical (unpaired) electrons. The maximum Gasteiger partial charge on any atom is 0.344 e. The van der Waals surface area contributed by atoms with Gasteiger partial charge in [-0.3, -0.25) is 14.7 Å². The highest BCUT2D eigenvalue weighted by Crippen LogP contribution is 2.23. The van der Waals surface area contributed by atoms with Gasteiger partial charge in [0.2, 0.25) is 0 Å². The number of hydrogen-bond donors (Lipinski definition) is 1. The number of nitrogens with one attached hydrogen (secondary N) is 1. The summed E-state index contributed by atoms with van der Waals surface area (Å²) in [6.45, 7) is 1.21. The molecule has 0 spiro atoms. The zero-order valence-corrected chi connectivity index (χ0v) is 13.1. The van der Waals surface area contributed by atoms with Crippen LogP contribution in [0.4, 0.5) is 5.69 Å². The van der Waals surface area contributed by atoms with Gasteiger partial charge in [-0.25, -0.2) is 9.89 Å². The van der Waals surface area contributed by atoms with Crippen LogP contribution in [-0.4, -0.2) is 32.4 Å². The summed E-state index contributed by atoms with van der Waals surface area (Å²) in [7, 11) is 0. The molecule has 0 bridgehead atoms. The van der Waals surface area contributed by atoms with Gasteiger partial charge in [0.25, 0.3) is 5.69 Å². The van der Waals surface area contributed by atoms with Crippen molar-refractivity contribution in [2.24, 2.45) is 0 Å². The van der Waals surface area contributed by atoms with Crippen LogP contribution in [0.5, 0.6) is 0 Å². The average molecular weight is 336 g/mol. The van der Waals surface area contributed by atoms with Crippen LogP contribution in [-0.2, 0) is 17.0 Å². The summed E-state index contributed by atoms with van der Waals surface area (Å²) in [5.41, 5.74) is 0.604. The molecule has 1 aromatic heterocycles. The third-order valence-corrected chi connectivity index (χ3v) is 4.67. The van der Waals surface area contributed by atoms with E-state index in [1.807, 2.05) is 6.07 Å². The largest absolute Gasteiger partial charge is 0.376 e. The molecule has 1 saturated heterocycles. The first-order valence-corrected chi connectivity index (χ1v) is 8.25. The maximum absolute atomic E-state index is 11.9. The lowest BCUT2D eigenvalue weighted by molar-refractivity contribution is -0.384. The van der Waals surface area contributed by atoms with Crippen LogP contribution >= 0.6 is 11.8 Å². The van der Waals surface area contributed by atoms with Gasteiger partial charge >= 0.3 is 5.69 Å². The molecule has 122 valence electrons. The number of non-ortho nitro benzene ring substituents is 1. The number of hydrogen-bond acceptors (Lipinski definition) is 6. The van der Waals surface area contributed by atoms with Crippen molar-refractivity contribution in [1.82, 2.24) is 14.8 Å². The van der Waals surface area contributed by atoms with E-state index in [-0.39, 0.29) is 17.5 Å². The Bertz CT molecular complexity index is 751. The topological polar surface area (TPSA) is 103 Å². The Hall–Kier alpha value is -2.13. The fraction of sp³-hybridized carbons (Fsp3) is 0.429. The zero-order chi connectivity index (χ0) is 16.2. The molecule has 1 N–H and O–H groups in total. The maximum atomic E-state index is 11.9. The van der Waals surface area contributed by atoms with Crippen molar-refractivity contribution in [2.45, 2.75) is 36.4 Å². The SMILES string of the molecule is O=c1[nH]nc(SCc2cccc([N+](=O)[O-])c2)n1CC1CCCO1. The Morgan fingerprint density at radius 2 is 2.39 bits per heavy atom. The summed E-state index contributed by atoms with van der Waals surface area (Å²) >= 11 is 1.37. The lowest BCUT2D eigenvalue weighted by Gasteiger charge is -2.10. The Morgan fingerprint density at radius 3 is 3.13 bits per heavy atom. The number of ether oxygens (including phenoxy) is 1. The molecule has 8 nitrogen and oxygen atoms in total. The highest BCUT2D eigenvalue weighted by atomic mass is 32.2. The van der Waals surface area contributed by atoms with Gasteiger partial charge in [-0.15, -0.1) is 5.10 Å². The number of benzene rings is 1. The number of thioether (sulfide) groups is 1. The normalized spacial score (nSPS) is 17.5. The molecule has 1 aliphatic heterocycles. The quantitative estimate of drug-likeness (QED) is 0.491. The second-order valence-corrected chi connectivity index (χ2v) is 6.22. The van der Waals surface area contributed by atoms with E-state index in [2.05, 4.69) is 10.2 Å². The molecule has 2 aromatic rings. The van der Waals surface area contributed by atoms with Crippen molar-refractivity contribution in [3.63, 3.8) is 0 Å². The average Bonchev–Trinajstić information content (AvgIpc) is 3.17. The van der Waals surface area contributed by atoms with Crippen molar-refractivity contribution < 1.29 is 9.66 Å². The van der Waals surface area contributed by atoms with E-state index in [0.29, 0.717) is 17.5 Å². The second kappa shape index (κ2) is 6.97. The van der Waals surface area contributed by atoms with Crippen molar-refractivity contribution in [2.75, 3.05) is 6.61 Å². The van der Waals surface area contributed by atoms with Gasteiger partial charge in [-0.05, 0) is 18.4 Å². The molecule has 0 amide bonds. The lowest BCUT2D eigenvalue weighted by Crippen LogP contribution is -2.24. The predicted molar refractivity (Wildman–Crippen MR) is 84.5 cm³/mol. The van der Waals surface area contributed by atoms with Gasteiger partial charge in [-0.2, -0.15) is 0 Å². The summed E-state index contributed by atoms with van der Waals surface area (Å²) in [4.78, 5) is 22.2. The summed E-state index contributed by atoms with van der Waals surface area (Å²) < 4.78 is 7.12. The Morgan fingerprint density at radius 1 is 1.52 bits per heavy atom. The predicted octanol–water partition coefficient (Wildman–Crippen LogP) is 1.95. The monoisotopic (exact) mass is 336 g/mol. The van der Waals surface area contributed by atoms with Crippen LogP contribution in [0.3, 0.4) is 0 Å². The van der Waals surface area contributed by atoms with Gasteiger partial charge in [-0.1, -0.05) is 23.9 Å². The highest BCUT2D eigenvalue weighted by molar-refractivity contribution is 7.98. The molecule has 23 heavy (non-hydrogen) atoms. The first kappa shape index (κ1) is 15.8. The standard InChI is InChI=1S/C14H16N4O4S/c19-13-15-16-14(17(13)8-12-5-2-6-22-12)23-9-10-3-1-4-11(7-10)18(20)21/h1,3-4,7,12H,2,5-6,8-9H2,(H,15,19). The molecular weight excluding hydrogens is 320 g/mol. The van der Waals surface area contributed by atoms with Gasteiger partial charge in [0, 0.05) is 24.5 Å². The molecule has 0 aliphatic carbocycles. The summed E-state index contributed by atoms with van der Waals surface area (Å²) in [6.07, 6.45) is 1.99. The van der Waals surface area contributed by atoms with Crippen LogP contribution in [0.15, 0.2) is 34.2 Å². The lowest BCUT2D eigenvalue weighted by atomic mass is 10.2. The fourth-order valence-electron chi connectivity index (χ4n) is 2.47. The summed E-state index contributed by atoms with van der Waals surface area (Å²) in [5.74, 6) is 0.498. The van der Waals surface area contributed by atoms with Crippen LogP contribution in [0, 0.1) is 10.1 Å². The first-order valence-electron chi connectivity index (χ1n) is 7.26. The molecule has 1 atom stereocenters. The van der Waals surface area contributed by atoms with Gasteiger partial charge in [0.15, 0.2) is 5.16 Å². The molecular formula is C14H16N4O4S.